The minimum absolute atomic E-state index is 0.0882. The van der Waals surface area contributed by atoms with Gasteiger partial charge in [-0.3, -0.25) is 4.79 Å². The third kappa shape index (κ3) is 1.72. The van der Waals surface area contributed by atoms with Crippen LogP contribution >= 0.6 is 0 Å². The lowest BCUT2D eigenvalue weighted by molar-refractivity contribution is 0.0665. The zero-order valence-corrected chi connectivity index (χ0v) is 11.4. The Morgan fingerprint density at radius 2 is 1.82 bits per heavy atom. The van der Waals surface area contributed by atoms with Crippen LogP contribution in [0.1, 0.15) is 26.5 Å². The van der Waals surface area contributed by atoms with E-state index in [2.05, 4.69) is 5.32 Å². The fourth-order valence-corrected chi connectivity index (χ4v) is 2.89. The van der Waals surface area contributed by atoms with Crippen molar-refractivity contribution in [3.05, 3.63) is 59.4 Å². The summed E-state index contributed by atoms with van der Waals surface area (Å²) in [6.07, 6.45) is 0. The second-order valence-corrected chi connectivity index (χ2v) is 5.15. The molecule has 3 aromatic rings. The fourth-order valence-electron chi connectivity index (χ4n) is 2.89. The molecule has 1 amide bonds. The highest BCUT2D eigenvalue weighted by Gasteiger charge is 2.23. The summed E-state index contributed by atoms with van der Waals surface area (Å²) in [6, 6.07) is 12.6. The highest BCUT2D eigenvalue weighted by molar-refractivity contribution is 6.03. The zero-order valence-electron chi connectivity index (χ0n) is 11.4. The summed E-state index contributed by atoms with van der Waals surface area (Å²) < 4.78 is 5.50. The van der Waals surface area contributed by atoms with Gasteiger partial charge in [-0.25, -0.2) is 4.79 Å². The number of amides is 1. The van der Waals surface area contributed by atoms with Gasteiger partial charge in [-0.05, 0) is 23.3 Å². The molecule has 0 saturated carbocycles. The summed E-state index contributed by atoms with van der Waals surface area (Å²) in [6.45, 7) is 0.465. The van der Waals surface area contributed by atoms with Crippen LogP contribution in [0.3, 0.4) is 0 Å². The van der Waals surface area contributed by atoms with E-state index in [0.29, 0.717) is 17.7 Å². The van der Waals surface area contributed by atoms with Gasteiger partial charge < -0.3 is 14.8 Å². The highest BCUT2D eigenvalue weighted by atomic mass is 16.4. The van der Waals surface area contributed by atoms with Gasteiger partial charge in [-0.1, -0.05) is 30.3 Å². The lowest BCUT2D eigenvalue weighted by atomic mass is 9.96. The SMILES string of the molecule is O=C(O)c1cc2cccc(-c3cccc4c3CNC4=O)c2o1. The van der Waals surface area contributed by atoms with Crippen LogP contribution in [-0.4, -0.2) is 17.0 Å². The molecule has 0 fully saturated rings. The largest absolute Gasteiger partial charge is 0.475 e. The topological polar surface area (TPSA) is 79.5 Å². The third-order valence-corrected chi connectivity index (χ3v) is 3.89. The first-order valence-electron chi connectivity index (χ1n) is 6.81. The first-order valence-corrected chi connectivity index (χ1v) is 6.81. The number of benzene rings is 2. The molecule has 2 heterocycles. The second-order valence-electron chi connectivity index (χ2n) is 5.15. The molecule has 0 bridgehead atoms. The van der Waals surface area contributed by atoms with Crippen molar-refractivity contribution < 1.29 is 19.1 Å². The maximum absolute atomic E-state index is 11.8. The monoisotopic (exact) mass is 293 g/mol. The quantitative estimate of drug-likeness (QED) is 0.761. The van der Waals surface area contributed by atoms with Crippen molar-refractivity contribution in [2.45, 2.75) is 6.54 Å². The van der Waals surface area contributed by atoms with Crippen LogP contribution in [0, 0.1) is 0 Å². The minimum Gasteiger partial charge on any atom is -0.475 e. The van der Waals surface area contributed by atoms with Gasteiger partial charge >= 0.3 is 5.97 Å². The summed E-state index contributed by atoms with van der Waals surface area (Å²) in [7, 11) is 0. The molecule has 4 rings (SSSR count). The molecule has 1 aliphatic rings. The summed E-state index contributed by atoms with van der Waals surface area (Å²) in [5.41, 5.74) is 3.76. The Hall–Kier alpha value is -3.08. The zero-order chi connectivity index (χ0) is 15.3. The van der Waals surface area contributed by atoms with E-state index in [9.17, 15) is 9.59 Å². The molecular formula is C17H11NO4. The standard InChI is InChI=1S/C17H11NO4/c19-16-12-6-2-4-10(13(12)8-18-16)11-5-1-3-9-7-14(17(20)21)22-15(9)11/h1-7H,8H2,(H,18,19)(H,20,21). The Morgan fingerprint density at radius 3 is 2.64 bits per heavy atom. The second kappa shape index (κ2) is 4.46. The Bertz CT molecular complexity index is 939. The van der Waals surface area contributed by atoms with E-state index >= 15 is 0 Å². The fraction of sp³-hybridized carbons (Fsp3) is 0.0588. The normalized spacial score (nSPS) is 13.2. The van der Waals surface area contributed by atoms with Gasteiger partial charge in [0, 0.05) is 23.1 Å². The molecule has 0 unspecified atom stereocenters. The maximum Gasteiger partial charge on any atom is 0.371 e. The third-order valence-electron chi connectivity index (χ3n) is 3.89. The molecule has 0 atom stereocenters. The van der Waals surface area contributed by atoms with Crippen molar-refractivity contribution in [3.8, 4) is 11.1 Å². The molecule has 1 aromatic heterocycles. The van der Waals surface area contributed by atoms with Gasteiger partial charge in [0.2, 0.25) is 5.76 Å². The van der Waals surface area contributed by atoms with Gasteiger partial charge in [-0.15, -0.1) is 0 Å². The van der Waals surface area contributed by atoms with Gasteiger partial charge in [0.15, 0.2) is 0 Å². The van der Waals surface area contributed by atoms with Crippen molar-refractivity contribution >= 4 is 22.8 Å². The van der Waals surface area contributed by atoms with Crippen LogP contribution < -0.4 is 5.32 Å². The minimum atomic E-state index is -1.10. The van der Waals surface area contributed by atoms with Gasteiger partial charge in [0.25, 0.3) is 5.91 Å². The van der Waals surface area contributed by atoms with Crippen LogP contribution in [0.5, 0.6) is 0 Å². The average molecular weight is 293 g/mol. The number of furan rings is 1. The molecule has 0 radical (unpaired) electrons. The van der Waals surface area contributed by atoms with Crippen LogP contribution in [0.25, 0.3) is 22.1 Å². The number of carboxylic acid groups (broad SMARTS) is 1. The van der Waals surface area contributed by atoms with Crippen LogP contribution in [-0.2, 0) is 6.54 Å². The summed E-state index contributed by atoms with van der Waals surface area (Å²) in [4.78, 5) is 22.9. The predicted molar refractivity (Wildman–Crippen MR) is 79.8 cm³/mol. The lowest BCUT2D eigenvalue weighted by Crippen LogP contribution is -2.12. The summed E-state index contributed by atoms with van der Waals surface area (Å²) in [5.74, 6) is -1.28. The lowest BCUT2D eigenvalue weighted by Gasteiger charge is -2.07. The number of aromatic carboxylic acids is 1. The predicted octanol–water partition coefficient (Wildman–Crippen LogP) is 3.04. The van der Waals surface area contributed by atoms with E-state index in [0.717, 1.165) is 22.1 Å². The smallest absolute Gasteiger partial charge is 0.371 e. The van der Waals surface area contributed by atoms with Crippen molar-refractivity contribution in [1.82, 2.24) is 5.32 Å². The molecule has 1 aliphatic heterocycles. The molecular weight excluding hydrogens is 282 g/mol. The number of hydrogen-bond donors (Lipinski definition) is 2. The number of para-hydroxylation sites is 1. The summed E-state index contributed by atoms with van der Waals surface area (Å²) in [5, 5.41) is 12.6. The molecule has 108 valence electrons. The van der Waals surface area contributed by atoms with Crippen LogP contribution in [0.15, 0.2) is 46.9 Å². The Morgan fingerprint density at radius 1 is 1.09 bits per heavy atom. The first-order chi connectivity index (χ1) is 10.6. The van der Waals surface area contributed by atoms with Crippen molar-refractivity contribution in [1.29, 1.82) is 0 Å². The van der Waals surface area contributed by atoms with E-state index in [1.165, 1.54) is 6.07 Å². The number of rotatable bonds is 2. The van der Waals surface area contributed by atoms with E-state index in [1.807, 2.05) is 24.3 Å². The Kier molecular flexibility index (Phi) is 2.56. The van der Waals surface area contributed by atoms with Crippen LogP contribution in [0.4, 0.5) is 0 Å². The number of nitrogens with one attached hydrogen (secondary N) is 1. The molecule has 5 heteroatoms. The number of fused-ring (bicyclic) bond motifs is 2. The molecule has 0 aliphatic carbocycles. The van der Waals surface area contributed by atoms with E-state index < -0.39 is 5.97 Å². The van der Waals surface area contributed by atoms with Gasteiger partial charge in [0.05, 0.1) is 0 Å². The van der Waals surface area contributed by atoms with E-state index in [4.69, 9.17) is 9.52 Å². The first kappa shape index (κ1) is 12.6. The van der Waals surface area contributed by atoms with Crippen LogP contribution in [0.2, 0.25) is 0 Å². The summed E-state index contributed by atoms with van der Waals surface area (Å²) >= 11 is 0. The number of carbonyl (C=O) groups excluding carboxylic acids is 1. The van der Waals surface area contributed by atoms with E-state index in [-0.39, 0.29) is 11.7 Å². The Labute approximate surface area is 125 Å². The number of carboxylic acids is 1. The van der Waals surface area contributed by atoms with Gasteiger partial charge in [-0.2, -0.15) is 0 Å². The molecule has 2 N–H and O–H groups in total. The molecule has 0 spiro atoms. The number of carbonyl (C=O) groups is 2. The van der Waals surface area contributed by atoms with Crippen molar-refractivity contribution in [2.24, 2.45) is 0 Å². The Balaban J connectivity index is 2.00. The highest BCUT2D eigenvalue weighted by Crippen LogP contribution is 2.35. The molecule has 5 nitrogen and oxygen atoms in total. The average Bonchev–Trinajstić information content (AvgIpc) is 3.11. The van der Waals surface area contributed by atoms with Crippen molar-refractivity contribution in [2.75, 3.05) is 0 Å². The van der Waals surface area contributed by atoms with Gasteiger partial charge in [0.1, 0.15) is 5.58 Å². The maximum atomic E-state index is 11.8. The molecule has 2 aromatic carbocycles. The van der Waals surface area contributed by atoms with Crippen molar-refractivity contribution in [3.63, 3.8) is 0 Å². The molecule has 0 saturated heterocycles. The number of hydrogen-bond acceptors (Lipinski definition) is 3. The van der Waals surface area contributed by atoms with E-state index in [1.54, 1.807) is 12.1 Å². The molecule has 22 heavy (non-hydrogen) atoms.